The summed E-state index contributed by atoms with van der Waals surface area (Å²) in [6.45, 7) is 6.07. The minimum absolute atomic E-state index is 0. The normalized spacial score (nSPS) is 15.6. The van der Waals surface area contributed by atoms with Crippen molar-refractivity contribution >= 4 is 5.78 Å². The molecule has 0 saturated heterocycles. The van der Waals surface area contributed by atoms with Gasteiger partial charge in [-0.25, -0.2) is 0 Å². The van der Waals surface area contributed by atoms with Crippen LogP contribution in [0.2, 0.25) is 0 Å². The average Bonchev–Trinajstić information content (AvgIpc) is 2.32. The second-order valence-corrected chi connectivity index (χ2v) is 4.12. The third kappa shape index (κ3) is 5.44. The number of Topliss-reactive ketones (excluding diaryl/α,β-unsaturated/α-hetero) is 1. The number of hydrogen-bond donors (Lipinski definition) is 0. The van der Waals surface area contributed by atoms with Gasteiger partial charge in [0, 0.05) is 45.6 Å². The molecule has 0 aromatic heterocycles. The van der Waals surface area contributed by atoms with Crippen molar-refractivity contribution in [2.45, 2.75) is 52.4 Å². The Kier molecular flexibility index (Phi) is 8.99. The number of rotatable bonds is 1. The Morgan fingerprint density at radius 1 is 1.24 bits per heavy atom. The van der Waals surface area contributed by atoms with Gasteiger partial charge >= 0.3 is 0 Å². The molecule has 2 heteroatoms. The van der Waals surface area contributed by atoms with E-state index in [4.69, 9.17) is 0 Å². The average molecular weight is 306 g/mol. The van der Waals surface area contributed by atoms with Crippen LogP contribution in [0.1, 0.15) is 56.6 Å². The molecule has 1 aliphatic rings. The van der Waals surface area contributed by atoms with Crippen LogP contribution in [-0.4, -0.2) is 5.78 Å². The van der Waals surface area contributed by atoms with Gasteiger partial charge in [0.05, 0.1) is 0 Å². The molecule has 0 spiro atoms. The Bertz CT molecular complexity index is 337. The summed E-state index contributed by atoms with van der Waals surface area (Å²) in [5, 5.41) is 0. The maximum atomic E-state index is 11.1. The third-order valence-electron chi connectivity index (χ3n) is 2.98. The maximum absolute atomic E-state index is 11.1. The van der Waals surface area contributed by atoms with Crippen molar-refractivity contribution in [2.24, 2.45) is 0 Å². The van der Waals surface area contributed by atoms with Crippen molar-refractivity contribution in [3.8, 4) is 0 Å². The minimum atomic E-state index is 0. The summed E-state index contributed by atoms with van der Waals surface area (Å²) in [5.74, 6) is 1.03. The smallest absolute Gasteiger partial charge is 0.132 e. The summed E-state index contributed by atoms with van der Waals surface area (Å²) in [4.78, 5) is 11.1. The van der Waals surface area contributed by atoms with Crippen molar-refractivity contribution in [1.29, 1.82) is 0 Å². The van der Waals surface area contributed by atoms with E-state index in [0.29, 0.717) is 11.7 Å². The van der Waals surface area contributed by atoms with E-state index < -0.39 is 0 Å². The van der Waals surface area contributed by atoms with Crippen molar-refractivity contribution in [3.63, 3.8) is 0 Å². The van der Waals surface area contributed by atoms with Crippen LogP contribution in [0, 0.1) is 13.0 Å². The van der Waals surface area contributed by atoms with Gasteiger partial charge in [0.15, 0.2) is 0 Å². The zero-order chi connectivity index (χ0) is 12.0. The summed E-state index contributed by atoms with van der Waals surface area (Å²) >= 11 is 0. The standard InChI is InChI=1S/C13H15O.C2H6.Y/c1-10-3-2-4-12(9-10)11-5-7-13(14)8-6-11;1-2;/h2,4,9,11H,5-8H2,1H3;1-2H3;/q-1;;. The molecule has 0 bridgehead atoms. The van der Waals surface area contributed by atoms with E-state index in [1.54, 1.807) is 0 Å². The van der Waals surface area contributed by atoms with E-state index in [2.05, 4.69) is 25.1 Å². The van der Waals surface area contributed by atoms with Crippen molar-refractivity contribution < 1.29 is 37.5 Å². The molecule has 0 heterocycles. The molecule has 1 aliphatic carbocycles. The molecule has 1 aromatic rings. The molecule has 1 radical (unpaired) electrons. The van der Waals surface area contributed by atoms with Gasteiger partial charge in [-0.05, 0) is 18.8 Å². The second kappa shape index (κ2) is 8.99. The van der Waals surface area contributed by atoms with Crippen molar-refractivity contribution in [2.75, 3.05) is 0 Å². The molecule has 0 amide bonds. The number of hydrogen-bond acceptors (Lipinski definition) is 1. The SMILES string of the molecule is CC.Cc1[c-]ccc(C2CCC(=O)CC2)c1.[Y]. The first kappa shape index (κ1) is 17.0. The van der Waals surface area contributed by atoms with E-state index in [0.717, 1.165) is 25.7 Å². The molecule has 0 N–H and O–H groups in total. The topological polar surface area (TPSA) is 17.1 Å². The number of carbonyl (C=O) groups is 1. The Morgan fingerprint density at radius 3 is 2.35 bits per heavy atom. The molecule has 0 atom stereocenters. The molecule has 2 rings (SSSR count). The van der Waals surface area contributed by atoms with Crippen molar-refractivity contribution in [1.82, 2.24) is 0 Å². The fourth-order valence-electron chi connectivity index (χ4n) is 2.14. The molecule has 1 aromatic carbocycles. The van der Waals surface area contributed by atoms with Crippen LogP contribution in [0.15, 0.2) is 18.2 Å². The molecular weight excluding hydrogens is 285 g/mol. The largest absolute Gasteiger partial charge is 0.300 e. The quantitative estimate of drug-likeness (QED) is 0.716. The molecule has 91 valence electrons. The molecular formula is C15H21OY-. The van der Waals surface area contributed by atoms with Gasteiger partial charge < -0.3 is 0 Å². The van der Waals surface area contributed by atoms with Crippen LogP contribution in [0.25, 0.3) is 0 Å². The number of carbonyl (C=O) groups excluding carboxylic acids is 1. The Balaban J connectivity index is 0.000000811. The van der Waals surface area contributed by atoms with Crippen LogP contribution in [0.4, 0.5) is 0 Å². The van der Waals surface area contributed by atoms with E-state index in [-0.39, 0.29) is 32.7 Å². The van der Waals surface area contributed by atoms with Gasteiger partial charge in [-0.2, -0.15) is 35.4 Å². The first-order valence-electron chi connectivity index (χ1n) is 6.25. The van der Waals surface area contributed by atoms with Crippen LogP contribution in [0.3, 0.4) is 0 Å². The van der Waals surface area contributed by atoms with Gasteiger partial charge in [0.25, 0.3) is 0 Å². The van der Waals surface area contributed by atoms with E-state index in [9.17, 15) is 4.79 Å². The zero-order valence-electron chi connectivity index (χ0n) is 11.1. The summed E-state index contributed by atoms with van der Waals surface area (Å²) < 4.78 is 0. The molecule has 1 fully saturated rings. The van der Waals surface area contributed by atoms with Gasteiger partial charge in [0.2, 0.25) is 0 Å². The minimum Gasteiger partial charge on any atom is -0.300 e. The molecule has 17 heavy (non-hydrogen) atoms. The van der Waals surface area contributed by atoms with E-state index in [1.807, 2.05) is 19.9 Å². The second-order valence-electron chi connectivity index (χ2n) is 4.12. The molecule has 0 unspecified atom stereocenters. The molecule has 1 saturated carbocycles. The van der Waals surface area contributed by atoms with Crippen LogP contribution in [0.5, 0.6) is 0 Å². The van der Waals surface area contributed by atoms with E-state index in [1.165, 1.54) is 11.1 Å². The monoisotopic (exact) mass is 306 g/mol. The Labute approximate surface area is 130 Å². The van der Waals surface area contributed by atoms with Crippen LogP contribution >= 0.6 is 0 Å². The summed E-state index contributed by atoms with van der Waals surface area (Å²) in [6.07, 6.45) is 3.59. The number of benzene rings is 1. The van der Waals surface area contributed by atoms with Gasteiger partial charge in [-0.15, -0.1) is 0 Å². The van der Waals surface area contributed by atoms with Gasteiger partial charge in [-0.3, -0.25) is 4.79 Å². The molecule has 0 aliphatic heterocycles. The first-order chi connectivity index (χ1) is 7.75. The molecule has 1 nitrogen and oxygen atoms in total. The summed E-state index contributed by atoms with van der Waals surface area (Å²) in [7, 11) is 0. The summed E-state index contributed by atoms with van der Waals surface area (Å²) in [5.41, 5.74) is 2.58. The predicted molar refractivity (Wildman–Crippen MR) is 67.6 cm³/mol. The number of ketones is 1. The van der Waals surface area contributed by atoms with Crippen molar-refractivity contribution in [3.05, 3.63) is 35.4 Å². The van der Waals surface area contributed by atoms with Crippen LogP contribution in [-0.2, 0) is 37.5 Å². The summed E-state index contributed by atoms with van der Waals surface area (Å²) in [6, 6.07) is 9.47. The Hall–Kier alpha value is -0.00610. The maximum Gasteiger partial charge on any atom is 0.132 e. The zero-order valence-corrected chi connectivity index (χ0v) is 14.0. The predicted octanol–water partition coefficient (Wildman–Crippen LogP) is 4.05. The Morgan fingerprint density at radius 2 is 1.82 bits per heavy atom. The van der Waals surface area contributed by atoms with Gasteiger partial charge in [0.1, 0.15) is 5.78 Å². The fourth-order valence-corrected chi connectivity index (χ4v) is 2.14. The third-order valence-corrected chi connectivity index (χ3v) is 2.98. The fraction of sp³-hybridized carbons (Fsp3) is 0.533. The van der Waals surface area contributed by atoms with Gasteiger partial charge in [-0.1, -0.05) is 20.8 Å². The van der Waals surface area contributed by atoms with Crippen LogP contribution < -0.4 is 0 Å². The first-order valence-corrected chi connectivity index (χ1v) is 6.25. The van der Waals surface area contributed by atoms with E-state index >= 15 is 0 Å². The number of aryl methyl sites for hydroxylation is 1.